The van der Waals surface area contributed by atoms with Crippen LogP contribution in [-0.4, -0.2) is 11.6 Å². The Labute approximate surface area is 90.4 Å². The van der Waals surface area contributed by atoms with Gasteiger partial charge in [-0.2, -0.15) is 0 Å². The highest BCUT2D eigenvalue weighted by Gasteiger charge is 2.16. The molecule has 0 aromatic heterocycles. The topological polar surface area (TPSA) is 21.3 Å². The van der Waals surface area contributed by atoms with Crippen LogP contribution in [0.25, 0.3) is 0 Å². The van der Waals surface area contributed by atoms with Crippen LogP contribution in [0.4, 0.5) is 5.69 Å². The van der Waals surface area contributed by atoms with E-state index in [0.29, 0.717) is 6.61 Å². The van der Waals surface area contributed by atoms with Gasteiger partial charge in [-0.3, -0.25) is 0 Å². The average molecular weight is 258 g/mol. The zero-order valence-electron chi connectivity index (χ0n) is 7.06. The number of anilines is 1. The van der Waals surface area contributed by atoms with Gasteiger partial charge >= 0.3 is 0 Å². The highest BCUT2D eigenvalue weighted by atomic mass is 79.9. The molecule has 0 amide bonds. The summed E-state index contributed by atoms with van der Waals surface area (Å²) in [6.07, 6.45) is 0. The molecule has 1 aliphatic rings. The van der Waals surface area contributed by atoms with Gasteiger partial charge in [0.05, 0.1) is 5.69 Å². The molecule has 0 unspecified atom stereocenters. The van der Waals surface area contributed by atoms with Crippen LogP contribution in [0.3, 0.4) is 0 Å². The van der Waals surface area contributed by atoms with Crippen molar-refractivity contribution in [2.75, 3.05) is 11.9 Å². The van der Waals surface area contributed by atoms with Gasteiger partial charge in [-0.25, -0.2) is 0 Å². The summed E-state index contributed by atoms with van der Waals surface area (Å²) in [5, 5.41) is 3.11. The molecule has 68 valence electrons. The molecule has 0 atom stereocenters. The lowest BCUT2D eigenvalue weighted by Gasteiger charge is -2.21. The predicted octanol–water partition coefficient (Wildman–Crippen LogP) is 2.89. The minimum Gasteiger partial charge on any atom is -0.484 e. The minimum atomic E-state index is 0.470. The number of fused-ring (bicyclic) bond motifs is 1. The first kappa shape index (κ1) is 8.97. The first-order chi connectivity index (χ1) is 6.16. The predicted molar refractivity (Wildman–Crippen MR) is 60.6 cm³/mol. The van der Waals surface area contributed by atoms with E-state index in [1.54, 1.807) is 0 Å². The Morgan fingerprint density at radius 3 is 3.08 bits per heavy atom. The zero-order valence-corrected chi connectivity index (χ0v) is 9.46. The molecule has 0 radical (unpaired) electrons. The number of halogens is 1. The van der Waals surface area contributed by atoms with Gasteiger partial charge in [0.2, 0.25) is 0 Å². The summed E-state index contributed by atoms with van der Waals surface area (Å²) >= 11 is 8.48. The van der Waals surface area contributed by atoms with Crippen LogP contribution in [0.2, 0.25) is 0 Å². The van der Waals surface area contributed by atoms with E-state index < -0.39 is 0 Å². The summed E-state index contributed by atoms with van der Waals surface area (Å²) in [6, 6.07) is 4.03. The van der Waals surface area contributed by atoms with Crippen molar-refractivity contribution in [3.8, 4) is 5.75 Å². The molecule has 1 aliphatic heterocycles. The van der Waals surface area contributed by atoms with Gasteiger partial charge in [-0.1, -0.05) is 12.2 Å². The maximum atomic E-state index is 5.46. The zero-order chi connectivity index (χ0) is 9.42. The van der Waals surface area contributed by atoms with Gasteiger partial charge in [0.15, 0.2) is 0 Å². The van der Waals surface area contributed by atoms with Crippen LogP contribution in [-0.2, 0) is 0 Å². The molecule has 2 rings (SSSR count). The van der Waals surface area contributed by atoms with E-state index in [9.17, 15) is 0 Å². The van der Waals surface area contributed by atoms with Crippen LogP contribution in [0.1, 0.15) is 5.56 Å². The first-order valence-electron chi connectivity index (χ1n) is 3.89. The summed E-state index contributed by atoms with van der Waals surface area (Å²) in [5.74, 6) is 0.862. The molecular weight excluding hydrogens is 250 g/mol. The minimum absolute atomic E-state index is 0.470. The van der Waals surface area contributed by atoms with Crippen molar-refractivity contribution in [1.82, 2.24) is 0 Å². The van der Waals surface area contributed by atoms with E-state index in [1.165, 1.54) is 5.56 Å². The Morgan fingerprint density at radius 2 is 2.31 bits per heavy atom. The van der Waals surface area contributed by atoms with Gasteiger partial charge in [-0.15, -0.1) is 0 Å². The standard InChI is InChI=1S/C9H8BrNOS/c1-5-2-6(10)9-7(3-5)12-4-8(13)11-9/h2-3H,4H2,1H3,(H,11,13). The lowest BCUT2D eigenvalue weighted by molar-refractivity contribution is 0.374. The molecule has 1 aromatic carbocycles. The molecule has 0 saturated carbocycles. The van der Waals surface area contributed by atoms with Gasteiger partial charge in [0.1, 0.15) is 17.3 Å². The molecule has 0 aliphatic carbocycles. The summed E-state index contributed by atoms with van der Waals surface area (Å²) in [4.78, 5) is 0.719. The summed E-state index contributed by atoms with van der Waals surface area (Å²) in [7, 11) is 0. The molecule has 2 nitrogen and oxygen atoms in total. The molecule has 0 spiro atoms. The van der Waals surface area contributed by atoms with E-state index in [4.69, 9.17) is 17.0 Å². The second-order valence-corrected chi connectivity index (χ2v) is 4.30. The number of thiocarbonyl (C=S) groups is 1. The maximum Gasteiger partial charge on any atom is 0.144 e. The van der Waals surface area contributed by atoms with Gasteiger partial charge < -0.3 is 10.1 Å². The van der Waals surface area contributed by atoms with Crippen molar-refractivity contribution >= 4 is 38.8 Å². The summed E-state index contributed by atoms with van der Waals surface area (Å²) in [6.45, 7) is 2.50. The molecular formula is C9H8BrNOS. The molecule has 0 saturated heterocycles. The van der Waals surface area contributed by atoms with Crippen LogP contribution >= 0.6 is 28.1 Å². The lowest BCUT2D eigenvalue weighted by Crippen LogP contribution is -2.24. The van der Waals surface area contributed by atoms with Gasteiger partial charge in [0.25, 0.3) is 0 Å². The fourth-order valence-corrected chi connectivity index (χ4v) is 2.08. The summed E-state index contributed by atoms with van der Waals surface area (Å²) < 4.78 is 6.45. The fraction of sp³-hybridized carbons (Fsp3) is 0.222. The lowest BCUT2D eigenvalue weighted by atomic mass is 10.2. The van der Waals surface area contributed by atoms with Crippen LogP contribution in [0.5, 0.6) is 5.75 Å². The maximum absolute atomic E-state index is 5.46. The fourth-order valence-electron chi connectivity index (χ4n) is 1.26. The first-order valence-corrected chi connectivity index (χ1v) is 5.10. The second kappa shape index (κ2) is 3.27. The van der Waals surface area contributed by atoms with Crippen LogP contribution in [0, 0.1) is 6.92 Å². The number of hydrogen-bond acceptors (Lipinski definition) is 2. The highest BCUT2D eigenvalue weighted by molar-refractivity contribution is 9.10. The van der Waals surface area contributed by atoms with Crippen molar-refractivity contribution in [2.24, 2.45) is 0 Å². The molecule has 0 fully saturated rings. The largest absolute Gasteiger partial charge is 0.484 e. The number of hydrogen-bond donors (Lipinski definition) is 1. The van der Waals surface area contributed by atoms with Crippen molar-refractivity contribution < 1.29 is 4.74 Å². The molecule has 4 heteroatoms. The number of rotatable bonds is 0. The normalized spacial score (nSPS) is 14.5. The average Bonchev–Trinajstić information content (AvgIpc) is 2.06. The van der Waals surface area contributed by atoms with Crippen LogP contribution < -0.4 is 10.1 Å². The van der Waals surface area contributed by atoms with Crippen molar-refractivity contribution in [3.05, 3.63) is 22.2 Å². The molecule has 1 heterocycles. The van der Waals surface area contributed by atoms with E-state index in [1.807, 2.05) is 19.1 Å². The monoisotopic (exact) mass is 257 g/mol. The Balaban J connectivity index is 2.53. The van der Waals surface area contributed by atoms with Crippen molar-refractivity contribution in [1.29, 1.82) is 0 Å². The SMILES string of the molecule is Cc1cc(Br)c2c(c1)OCC(=S)N2. The van der Waals surface area contributed by atoms with Crippen molar-refractivity contribution in [3.63, 3.8) is 0 Å². The third kappa shape index (κ3) is 1.69. The molecule has 1 N–H and O–H groups in total. The number of benzene rings is 1. The summed E-state index contributed by atoms with van der Waals surface area (Å²) in [5.41, 5.74) is 2.10. The molecule has 0 bridgehead atoms. The Morgan fingerprint density at radius 1 is 1.54 bits per heavy atom. The van der Waals surface area contributed by atoms with Gasteiger partial charge in [-0.05, 0) is 40.5 Å². The van der Waals surface area contributed by atoms with E-state index in [0.717, 1.165) is 20.9 Å². The Hall–Kier alpha value is -0.610. The van der Waals surface area contributed by atoms with Crippen molar-refractivity contribution in [2.45, 2.75) is 6.92 Å². The van der Waals surface area contributed by atoms with Crippen LogP contribution in [0.15, 0.2) is 16.6 Å². The number of ether oxygens (including phenoxy) is 1. The second-order valence-electron chi connectivity index (χ2n) is 2.96. The molecule has 13 heavy (non-hydrogen) atoms. The Bertz CT molecular complexity index is 378. The molecule has 1 aromatic rings. The van der Waals surface area contributed by atoms with Gasteiger partial charge in [0, 0.05) is 4.47 Å². The highest BCUT2D eigenvalue weighted by Crippen LogP contribution is 2.36. The number of nitrogens with one attached hydrogen (secondary N) is 1. The number of aryl methyl sites for hydroxylation is 1. The Kier molecular flexibility index (Phi) is 2.26. The van der Waals surface area contributed by atoms with E-state index in [2.05, 4.69) is 21.2 Å². The quantitative estimate of drug-likeness (QED) is 0.723. The third-order valence-electron chi connectivity index (χ3n) is 1.82. The third-order valence-corrected chi connectivity index (χ3v) is 2.67. The smallest absolute Gasteiger partial charge is 0.144 e. The van der Waals surface area contributed by atoms with E-state index >= 15 is 0 Å². The van der Waals surface area contributed by atoms with E-state index in [-0.39, 0.29) is 0 Å².